The summed E-state index contributed by atoms with van der Waals surface area (Å²) in [6, 6.07) is 12.6. The fourth-order valence-electron chi connectivity index (χ4n) is 3.43. The van der Waals surface area contributed by atoms with E-state index in [4.69, 9.17) is 0 Å². The number of benzene rings is 2. The quantitative estimate of drug-likeness (QED) is 0.708. The van der Waals surface area contributed by atoms with Crippen LogP contribution in [0.5, 0.6) is 0 Å². The Morgan fingerprint density at radius 2 is 1.64 bits per heavy atom. The highest BCUT2D eigenvalue weighted by Gasteiger charge is 2.29. The zero-order chi connectivity index (χ0) is 20.3. The highest BCUT2D eigenvalue weighted by Crippen LogP contribution is 2.25. The lowest BCUT2D eigenvalue weighted by Gasteiger charge is -2.19. The average Bonchev–Trinajstić information content (AvgIpc) is 3.14. The van der Waals surface area contributed by atoms with E-state index in [0.717, 1.165) is 19.3 Å². The van der Waals surface area contributed by atoms with Crippen LogP contribution in [0.3, 0.4) is 0 Å². The highest BCUT2D eigenvalue weighted by atomic mass is 16.4. The largest absolute Gasteiger partial charge is 0.481 e. The van der Waals surface area contributed by atoms with Crippen molar-refractivity contribution in [3.8, 4) is 0 Å². The Kier molecular flexibility index (Phi) is 5.63. The minimum Gasteiger partial charge on any atom is -0.481 e. The topological polar surface area (TPSA) is 83.5 Å². The molecule has 0 aromatic heterocycles. The molecule has 2 aromatic carbocycles. The molecule has 0 aliphatic heterocycles. The number of carbonyl (C=O) groups excluding carboxylic acids is 2. The Labute approximate surface area is 164 Å². The van der Waals surface area contributed by atoms with Crippen LogP contribution in [0.2, 0.25) is 0 Å². The summed E-state index contributed by atoms with van der Waals surface area (Å²) in [5, 5.41) is 12.0. The summed E-state index contributed by atoms with van der Waals surface area (Å²) in [5.41, 5.74) is 3.49. The van der Waals surface area contributed by atoms with Gasteiger partial charge in [-0.15, -0.1) is 0 Å². The molecule has 0 spiro atoms. The number of Topliss-reactive ketones (excluding diaryl/α,β-unsaturated/α-hetero) is 1. The molecule has 0 radical (unpaired) electrons. The van der Waals surface area contributed by atoms with Gasteiger partial charge in [0.15, 0.2) is 5.78 Å². The Morgan fingerprint density at radius 1 is 0.964 bits per heavy atom. The van der Waals surface area contributed by atoms with Crippen molar-refractivity contribution < 1.29 is 19.5 Å². The van der Waals surface area contributed by atoms with Gasteiger partial charge in [-0.2, -0.15) is 0 Å². The predicted octanol–water partition coefficient (Wildman–Crippen LogP) is 4.14. The van der Waals surface area contributed by atoms with E-state index in [9.17, 15) is 19.5 Å². The predicted molar refractivity (Wildman–Crippen MR) is 108 cm³/mol. The van der Waals surface area contributed by atoms with Gasteiger partial charge >= 0.3 is 5.97 Å². The second kappa shape index (κ2) is 7.97. The molecule has 146 valence electrons. The normalized spacial score (nSPS) is 13.1. The Bertz CT molecular complexity index is 913. The van der Waals surface area contributed by atoms with Gasteiger partial charge < -0.3 is 10.4 Å². The van der Waals surface area contributed by atoms with Crippen LogP contribution in [0.4, 0.5) is 5.69 Å². The Balaban J connectivity index is 1.54. The summed E-state index contributed by atoms with van der Waals surface area (Å²) in [6.07, 6.45) is 3.51. The molecule has 2 aromatic rings. The number of anilines is 1. The average molecular weight is 379 g/mol. The van der Waals surface area contributed by atoms with E-state index in [1.165, 1.54) is 11.1 Å². The molecule has 5 heteroatoms. The lowest BCUT2D eigenvalue weighted by molar-refractivity contribution is -0.142. The molecule has 0 saturated heterocycles. The molecule has 0 bridgehead atoms. The van der Waals surface area contributed by atoms with Crippen LogP contribution in [0.1, 0.15) is 60.2 Å². The number of carboxylic acid groups (broad SMARTS) is 1. The first-order valence-electron chi connectivity index (χ1n) is 9.56. The molecule has 0 atom stereocenters. The van der Waals surface area contributed by atoms with Crippen molar-refractivity contribution in [2.75, 3.05) is 5.32 Å². The summed E-state index contributed by atoms with van der Waals surface area (Å²) in [7, 11) is 0. The van der Waals surface area contributed by atoms with Gasteiger partial charge in [0, 0.05) is 24.1 Å². The zero-order valence-corrected chi connectivity index (χ0v) is 16.2. The van der Waals surface area contributed by atoms with Crippen LogP contribution in [0, 0.1) is 0 Å². The van der Waals surface area contributed by atoms with E-state index < -0.39 is 11.4 Å². The first kappa shape index (κ1) is 19.8. The van der Waals surface area contributed by atoms with E-state index >= 15 is 0 Å². The highest BCUT2D eigenvalue weighted by molar-refractivity contribution is 6.00. The summed E-state index contributed by atoms with van der Waals surface area (Å²) in [6.45, 7) is 3.26. The van der Waals surface area contributed by atoms with E-state index in [1.807, 2.05) is 18.2 Å². The number of carboxylic acids is 1. The minimum absolute atomic E-state index is 0.0246. The lowest BCUT2D eigenvalue weighted by atomic mass is 9.85. The van der Waals surface area contributed by atoms with Crippen LogP contribution in [-0.2, 0) is 27.8 Å². The summed E-state index contributed by atoms with van der Waals surface area (Å²) in [5.74, 6) is -1.17. The fraction of sp³-hybridized carbons (Fsp3) is 0.348. The number of aryl methyl sites for hydroxylation is 2. The number of nitrogens with one attached hydrogen (secondary N) is 1. The monoisotopic (exact) mass is 379 g/mol. The van der Waals surface area contributed by atoms with Gasteiger partial charge in [-0.3, -0.25) is 14.4 Å². The molecule has 0 heterocycles. The molecule has 1 aliphatic rings. The van der Waals surface area contributed by atoms with Gasteiger partial charge in [-0.1, -0.05) is 24.3 Å². The van der Waals surface area contributed by atoms with Gasteiger partial charge in [-0.25, -0.2) is 0 Å². The standard InChI is InChI=1S/C23H25NO4/c1-23(2,22(27)28)18-8-10-19(11-9-18)24-21(26)13-12-20(25)17-7-6-15-4-3-5-16(15)14-17/h6-11,14H,3-5,12-13H2,1-2H3,(H,24,26)(H,27,28). The second-order valence-electron chi connectivity index (χ2n) is 7.82. The Morgan fingerprint density at radius 3 is 2.32 bits per heavy atom. The van der Waals surface area contributed by atoms with Crippen LogP contribution >= 0.6 is 0 Å². The molecular formula is C23H25NO4. The SMILES string of the molecule is CC(C)(C(=O)O)c1ccc(NC(=O)CCC(=O)c2ccc3c(c2)CCC3)cc1. The molecule has 0 unspecified atom stereocenters. The number of rotatable bonds is 7. The van der Waals surface area contributed by atoms with Crippen LogP contribution < -0.4 is 5.32 Å². The van der Waals surface area contributed by atoms with Crippen LogP contribution in [-0.4, -0.2) is 22.8 Å². The molecule has 5 nitrogen and oxygen atoms in total. The van der Waals surface area contributed by atoms with Crippen molar-refractivity contribution in [1.82, 2.24) is 0 Å². The van der Waals surface area contributed by atoms with E-state index in [-0.39, 0.29) is 24.5 Å². The summed E-state index contributed by atoms with van der Waals surface area (Å²) in [4.78, 5) is 35.9. The fourth-order valence-corrected chi connectivity index (χ4v) is 3.43. The van der Waals surface area contributed by atoms with Crippen molar-refractivity contribution in [1.29, 1.82) is 0 Å². The zero-order valence-electron chi connectivity index (χ0n) is 16.2. The second-order valence-corrected chi connectivity index (χ2v) is 7.82. The third-order valence-electron chi connectivity index (χ3n) is 5.42. The van der Waals surface area contributed by atoms with E-state index in [1.54, 1.807) is 38.1 Å². The third kappa shape index (κ3) is 4.30. The number of hydrogen-bond acceptors (Lipinski definition) is 3. The first-order chi connectivity index (χ1) is 13.3. The van der Waals surface area contributed by atoms with E-state index in [2.05, 4.69) is 5.32 Å². The van der Waals surface area contributed by atoms with Gasteiger partial charge in [0.2, 0.25) is 5.91 Å². The maximum absolute atomic E-state index is 12.4. The van der Waals surface area contributed by atoms with Gasteiger partial charge in [0.05, 0.1) is 5.41 Å². The van der Waals surface area contributed by atoms with Crippen LogP contribution in [0.25, 0.3) is 0 Å². The van der Waals surface area contributed by atoms with Gasteiger partial charge in [0.1, 0.15) is 0 Å². The summed E-state index contributed by atoms with van der Waals surface area (Å²) < 4.78 is 0. The molecular weight excluding hydrogens is 354 g/mol. The first-order valence-corrected chi connectivity index (χ1v) is 9.56. The summed E-state index contributed by atoms with van der Waals surface area (Å²) >= 11 is 0. The van der Waals surface area contributed by atoms with Crippen molar-refractivity contribution in [2.45, 2.75) is 51.4 Å². The number of fused-ring (bicyclic) bond motifs is 1. The smallest absolute Gasteiger partial charge is 0.313 e. The Hall–Kier alpha value is -2.95. The van der Waals surface area contributed by atoms with Crippen molar-refractivity contribution >= 4 is 23.3 Å². The molecule has 0 fully saturated rings. The lowest BCUT2D eigenvalue weighted by Crippen LogP contribution is -2.28. The maximum atomic E-state index is 12.4. The van der Waals surface area contributed by atoms with Gasteiger partial charge in [-0.05, 0) is 68.0 Å². The number of hydrogen-bond donors (Lipinski definition) is 2. The third-order valence-corrected chi connectivity index (χ3v) is 5.42. The van der Waals surface area contributed by atoms with Crippen molar-refractivity contribution in [3.63, 3.8) is 0 Å². The molecule has 3 rings (SSSR count). The maximum Gasteiger partial charge on any atom is 0.313 e. The molecule has 0 saturated carbocycles. The molecule has 1 aliphatic carbocycles. The number of aliphatic carboxylic acids is 1. The molecule has 2 N–H and O–H groups in total. The van der Waals surface area contributed by atoms with Crippen molar-refractivity contribution in [3.05, 3.63) is 64.7 Å². The minimum atomic E-state index is -0.995. The van der Waals surface area contributed by atoms with Gasteiger partial charge in [0.25, 0.3) is 0 Å². The number of amides is 1. The van der Waals surface area contributed by atoms with E-state index in [0.29, 0.717) is 16.8 Å². The van der Waals surface area contributed by atoms with Crippen molar-refractivity contribution in [2.24, 2.45) is 0 Å². The number of carbonyl (C=O) groups is 3. The number of ketones is 1. The van der Waals surface area contributed by atoms with Crippen LogP contribution in [0.15, 0.2) is 42.5 Å². The molecule has 1 amide bonds. The molecule has 28 heavy (non-hydrogen) atoms.